The molecule has 0 amide bonds. The second-order valence-corrected chi connectivity index (χ2v) is 7.06. The van der Waals surface area contributed by atoms with E-state index in [1.165, 1.54) is 32.5 Å². The Kier molecular flexibility index (Phi) is 7.65. The lowest BCUT2D eigenvalue weighted by atomic mass is 9.96. The first kappa shape index (κ1) is 18.4. The maximum Gasteiger partial charge on any atom is 0.104 e. The summed E-state index contributed by atoms with van der Waals surface area (Å²) in [4.78, 5) is 5.09. The number of nitrogens with zero attached hydrogens (tertiary/aromatic N) is 3. The molecular weight excluding hydrogens is 260 g/mol. The van der Waals surface area contributed by atoms with Crippen LogP contribution in [-0.4, -0.2) is 60.6 Å². The summed E-state index contributed by atoms with van der Waals surface area (Å²) < 4.78 is 0. The standard InChI is InChI=1S/C17H34N4/c1-6-16-13-20(5)10-8-12-21(16)11-7-9-17(4,14-18)19-15(2)3/h15-16,19H,6-13H2,1-5H3. The van der Waals surface area contributed by atoms with Gasteiger partial charge in [-0.05, 0) is 73.1 Å². The lowest BCUT2D eigenvalue weighted by Gasteiger charge is -2.32. The summed E-state index contributed by atoms with van der Waals surface area (Å²) >= 11 is 0. The molecule has 1 saturated heterocycles. The van der Waals surface area contributed by atoms with Gasteiger partial charge in [0, 0.05) is 18.6 Å². The molecule has 0 saturated carbocycles. The van der Waals surface area contributed by atoms with Gasteiger partial charge in [-0.15, -0.1) is 0 Å². The number of nitrogens with one attached hydrogen (secondary N) is 1. The van der Waals surface area contributed by atoms with Crippen molar-refractivity contribution in [1.82, 2.24) is 15.1 Å². The fourth-order valence-corrected chi connectivity index (χ4v) is 3.41. The van der Waals surface area contributed by atoms with E-state index in [1.807, 2.05) is 6.92 Å². The van der Waals surface area contributed by atoms with Gasteiger partial charge in [0.1, 0.15) is 5.54 Å². The Bertz CT molecular complexity index is 336. The van der Waals surface area contributed by atoms with Crippen molar-refractivity contribution in [1.29, 1.82) is 5.26 Å². The zero-order chi connectivity index (χ0) is 15.9. The molecule has 0 bridgehead atoms. The topological polar surface area (TPSA) is 42.3 Å². The molecule has 0 aromatic carbocycles. The molecule has 1 heterocycles. The van der Waals surface area contributed by atoms with Crippen molar-refractivity contribution in [3.05, 3.63) is 0 Å². The van der Waals surface area contributed by atoms with Crippen molar-refractivity contribution in [2.75, 3.05) is 33.2 Å². The number of hydrogen-bond donors (Lipinski definition) is 1. The molecule has 0 aromatic rings. The van der Waals surface area contributed by atoms with Gasteiger partial charge in [0.2, 0.25) is 0 Å². The Morgan fingerprint density at radius 3 is 2.67 bits per heavy atom. The Labute approximate surface area is 131 Å². The average molecular weight is 294 g/mol. The minimum Gasteiger partial charge on any atom is -0.305 e. The summed E-state index contributed by atoms with van der Waals surface area (Å²) in [6.45, 7) is 13.2. The van der Waals surface area contributed by atoms with E-state index in [0.29, 0.717) is 12.1 Å². The summed E-state index contributed by atoms with van der Waals surface area (Å²) in [5.41, 5.74) is -0.390. The summed E-state index contributed by atoms with van der Waals surface area (Å²) in [5, 5.41) is 12.8. The van der Waals surface area contributed by atoms with Crippen molar-refractivity contribution >= 4 is 0 Å². The quantitative estimate of drug-likeness (QED) is 0.783. The second-order valence-electron chi connectivity index (χ2n) is 7.06. The SMILES string of the molecule is CCC1CN(C)CCCN1CCCC(C)(C#N)NC(C)C. The van der Waals surface area contributed by atoms with Gasteiger partial charge in [-0.1, -0.05) is 6.92 Å². The number of nitriles is 1. The first-order chi connectivity index (χ1) is 9.90. The van der Waals surface area contributed by atoms with E-state index in [4.69, 9.17) is 0 Å². The van der Waals surface area contributed by atoms with E-state index < -0.39 is 5.54 Å². The van der Waals surface area contributed by atoms with E-state index >= 15 is 0 Å². The van der Waals surface area contributed by atoms with E-state index in [9.17, 15) is 5.26 Å². The van der Waals surface area contributed by atoms with Crippen LogP contribution in [0.5, 0.6) is 0 Å². The molecule has 1 aliphatic heterocycles. The highest BCUT2D eigenvalue weighted by molar-refractivity contribution is 5.04. The third kappa shape index (κ3) is 6.34. The molecule has 4 nitrogen and oxygen atoms in total. The Morgan fingerprint density at radius 1 is 1.38 bits per heavy atom. The van der Waals surface area contributed by atoms with Gasteiger partial charge in [-0.25, -0.2) is 0 Å². The first-order valence-corrected chi connectivity index (χ1v) is 8.51. The third-order valence-corrected chi connectivity index (χ3v) is 4.47. The van der Waals surface area contributed by atoms with E-state index in [2.05, 4.69) is 49.0 Å². The summed E-state index contributed by atoms with van der Waals surface area (Å²) in [6.07, 6.45) is 4.48. The summed E-state index contributed by atoms with van der Waals surface area (Å²) in [6, 6.07) is 3.48. The van der Waals surface area contributed by atoms with Crippen LogP contribution in [0.4, 0.5) is 0 Å². The largest absolute Gasteiger partial charge is 0.305 e. The van der Waals surface area contributed by atoms with Crippen LogP contribution in [0.1, 0.15) is 53.4 Å². The molecule has 0 spiro atoms. The number of rotatable bonds is 7. The molecular formula is C17H34N4. The lowest BCUT2D eigenvalue weighted by Crippen LogP contribution is -2.46. The van der Waals surface area contributed by atoms with Crippen LogP contribution in [0.3, 0.4) is 0 Å². The summed E-state index contributed by atoms with van der Waals surface area (Å²) in [7, 11) is 2.23. The molecule has 0 radical (unpaired) electrons. The molecule has 1 fully saturated rings. The highest BCUT2D eigenvalue weighted by Gasteiger charge is 2.26. The van der Waals surface area contributed by atoms with Crippen LogP contribution in [-0.2, 0) is 0 Å². The van der Waals surface area contributed by atoms with Gasteiger partial charge in [0.15, 0.2) is 0 Å². The highest BCUT2D eigenvalue weighted by Crippen LogP contribution is 2.16. The van der Waals surface area contributed by atoms with Crippen LogP contribution >= 0.6 is 0 Å². The van der Waals surface area contributed by atoms with Crippen LogP contribution in [0, 0.1) is 11.3 Å². The Balaban J connectivity index is 2.47. The van der Waals surface area contributed by atoms with Gasteiger partial charge < -0.3 is 4.90 Å². The molecule has 21 heavy (non-hydrogen) atoms. The Hall–Kier alpha value is -0.630. The lowest BCUT2D eigenvalue weighted by molar-refractivity contribution is 0.176. The number of hydrogen-bond acceptors (Lipinski definition) is 4. The van der Waals surface area contributed by atoms with Crippen LogP contribution < -0.4 is 5.32 Å². The molecule has 1 aliphatic rings. The second kappa shape index (κ2) is 8.73. The van der Waals surface area contributed by atoms with Crippen LogP contribution in [0.15, 0.2) is 0 Å². The van der Waals surface area contributed by atoms with Gasteiger partial charge in [0.05, 0.1) is 6.07 Å². The molecule has 0 aliphatic carbocycles. The predicted octanol–water partition coefficient (Wildman–Crippen LogP) is 2.46. The molecule has 1 N–H and O–H groups in total. The molecule has 4 heteroatoms. The average Bonchev–Trinajstić information content (AvgIpc) is 2.59. The van der Waals surface area contributed by atoms with Crippen molar-refractivity contribution in [3.8, 4) is 6.07 Å². The van der Waals surface area contributed by atoms with E-state index in [0.717, 1.165) is 19.4 Å². The van der Waals surface area contributed by atoms with Gasteiger partial charge in [-0.3, -0.25) is 10.2 Å². The maximum atomic E-state index is 9.42. The van der Waals surface area contributed by atoms with Crippen LogP contribution in [0.2, 0.25) is 0 Å². The summed E-state index contributed by atoms with van der Waals surface area (Å²) in [5.74, 6) is 0. The van der Waals surface area contributed by atoms with Crippen molar-refractivity contribution in [2.45, 2.75) is 71.0 Å². The van der Waals surface area contributed by atoms with E-state index in [-0.39, 0.29) is 0 Å². The zero-order valence-corrected chi connectivity index (χ0v) is 14.7. The first-order valence-electron chi connectivity index (χ1n) is 8.51. The minimum absolute atomic E-state index is 0.352. The molecule has 1 rings (SSSR count). The normalized spacial score (nSPS) is 24.5. The Morgan fingerprint density at radius 2 is 2.10 bits per heavy atom. The van der Waals surface area contributed by atoms with Gasteiger partial charge in [-0.2, -0.15) is 5.26 Å². The van der Waals surface area contributed by atoms with Crippen molar-refractivity contribution in [3.63, 3.8) is 0 Å². The molecule has 2 atom stereocenters. The molecule has 0 aromatic heterocycles. The third-order valence-electron chi connectivity index (χ3n) is 4.47. The molecule has 2 unspecified atom stereocenters. The highest BCUT2D eigenvalue weighted by atomic mass is 15.2. The predicted molar refractivity (Wildman–Crippen MR) is 89.3 cm³/mol. The fourth-order valence-electron chi connectivity index (χ4n) is 3.41. The van der Waals surface area contributed by atoms with Gasteiger partial charge >= 0.3 is 0 Å². The van der Waals surface area contributed by atoms with E-state index in [1.54, 1.807) is 0 Å². The number of likely N-dealkylation sites (N-methyl/N-ethyl adjacent to an activating group) is 1. The fraction of sp³-hybridized carbons (Fsp3) is 0.941. The monoisotopic (exact) mass is 294 g/mol. The van der Waals surface area contributed by atoms with Gasteiger partial charge in [0.25, 0.3) is 0 Å². The van der Waals surface area contributed by atoms with Crippen LogP contribution in [0.25, 0.3) is 0 Å². The zero-order valence-electron chi connectivity index (χ0n) is 14.7. The van der Waals surface area contributed by atoms with Crippen molar-refractivity contribution in [2.24, 2.45) is 0 Å². The maximum absolute atomic E-state index is 9.42. The minimum atomic E-state index is -0.390. The smallest absolute Gasteiger partial charge is 0.104 e. The van der Waals surface area contributed by atoms with Crippen molar-refractivity contribution < 1.29 is 0 Å². The molecule has 122 valence electrons.